The number of esters is 2. The highest BCUT2D eigenvalue weighted by Crippen LogP contribution is 2.33. The lowest BCUT2D eigenvalue weighted by Crippen LogP contribution is -2.32. The third-order valence-electron chi connectivity index (χ3n) is 6.09. The third-order valence-corrected chi connectivity index (χ3v) is 6.09. The minimum Gasteiger partial charge on any atom is -0.480 e. The van der Waals surface area contributed by atoms with Crippen molar-refractivity contribution in [3.05, 3.63) is 23.8 Å². The summed E-state index contributed by atoms with van der Waals surface area (Å²) in [4.78, 5) is 35.9. The first-order chi connectivity index (χ1) is 14.4. The predicted octanol–water partition coefficient (Wildman–Crippen LogP) is 4.03. The van der Waals surface area contributed by atoms with Crippen molar-refractivity contribution in [2.45, 2.75) is 76.7 Å². The van der Waals surface area contributed by atoms with Crippen LogP contribution in [-0.4, -0.2) is 29.1 Å². The molecule has 0 heterocycles. The maximum atomic E-state index is 12.4. The molecule has 2 fully saturated rings. The maximum absolute atomic E-state index is 12.4. The minimum absolute atomic E-state index is 0. The van der Waals surface area contributed by atoms with E-state index in [1.54, 1.807) is 18.2 Å². The molecule has 2 aliphatic carbocycles. The van der Waals surface area contributed by atoms with E-state index >= 15 is 0 Å². The van der Waals surface area contributed by atoms with Crippen LogP contribution in [0.25, 0.3) is 0 Å². The SMILES string of the molecule is Cl.N[C@@H](Cc1ccc(OC(=O)CC2CCCC2)c(OC(=O)CC2CCCC2)c1)C(=O)O. The molecule has 31 heavy (non-hydrogen) atoms. The molecule has 0 radical (unpaired) electrons. The fourth-order valence-corrected chi connectivity index (χ4v) is 4.41. The Labute approximate surface area is 189 Å². The lowest BCUT2D eigenvalue weighted by Gasteiger charge is -2.15. The number of hydrogen-bond donors (Lipinski definition) is 2. The molecule has 1 atom stereocenters. The summed E-state index contributed by atoms with van der Waals surface area (Å²) in [6.45, 7) is 0. The van der Waals surface area contributed by atoms with Crippen molar-refractivity contribution in [3.63, 3.8) is 0 Å². The molecule has 2 saturated carbocycles. The summed E-state index contributed by atoms with van der Waals surface area (Å²) < 4.78 is 11.1. The fraction of sp³-hybridized carbons (Fsp3) is 0.609. The van der Waals surface area contributed by atoms with Crippen LogP contribution >= 0.6 is 12.4 Å². The second-order valence-electron chi connectivity index (χ2n) is 8.59. The van der Waals surface area contributed by atoms with E-state index in [2.05, 4.69) is 0 Å². The van der Waals surface area contributed by atoms with Crippen LogP contribution in [0.3, 0.4) is 0 Å². The van der Waals surface area contributed by atoms with Crippen LogP contribution in [0.15, 0.2) is 18.2 Å². The van der Waals surface area contributed by atoms with Gasteiger partial charge in [-0.25, -0.2) is 0 Å². The molecule has 0 aliphatic heterocycles. The Bertz CT molecular complexity index is 771. The monoisotopic (exact) mass is 453 g/mol. The first-order valence-electron chi connectivity index (χ1n) is 10.9. The molecule has 0 saturated heterocycles. The summed E-state index contributed by atoms with van der Waals surface area (Å²) in [5, 5.41) is 9.05. The highest BCUT2D eigenvalue weighted by molar-refractivity contribution is 5.85. The van der Waals surface area contributed by atoms with E-state index in [0.29, 0.717) is 30.2 Å². The fourth-order valence-electron chi connectivity index (χ4n) is 4.41. The average Bonchev–Trinajstić information content (AvgIpc) is 3.38. The number of halogens is 1. The Kier molecular flexibility index (Phi) is 9.78. The van der Waals surface area contributed by atoms with Gasteiger partial charge in [0, 0.05) is 12.8 Å². The van der Waals surface area contributed by atoms with Crippen molar-refractivity contribution >= 4 is 30.3 Å². The van der Waals surface area contributed by atoms with E-state index in [4.69, 9.17) is 20.3 Å². The van der Waals surface area contributed by atoms with Crippen molar-refractivity contribution in [2.75, 3.05) is 0 Å². The summed E-state index contributed by atoms with van der Waals surface area (Å²) in [5.74, 6) is -0.812. The summed E-state index contributed by atoms with van der Waals surface area (Å²) in [6.07, 6.45) is 9.40. The van der Waals surface area contributed by atoms with E-state index in [-0.39, 0.29) is 42.3 Å². The van der Waals surface area contributed by atoms with Crippen LogP contribution in [0, 0.1) is 11.8 Å². The highest BCUT2D eigenvalue weighted by atomic mass is 35.5. The molecule has 2 aliphatic rings. The zero-order chi connectivity index (χ0) is 21.5. The minimum atomic E-state index is -1.11. The van der Waals surface area contributed by atoms with Gasteiger partial charge in [-0.1, -0.05) is 31.7 Å². The lowest BCUT2D eigenvalue weighted by atomic mass is 10.0. The van der Waals surface area contributed by atoms with Crippen molar-refractivity contribution in [1.82, 2.24) is 0 Å². The number of carbonyl (C=O) groups excluding carboxylic acids is 2. The van der Waals surface area contributed by atoms with Crippen LogP contribution in [-0.2, 0) is 20.8 Å². The number of carbonyl (C=O) groups is 3. The third kappa shape index (κ3) is 7.82. The molecule has 1 aromatic rings. The number of ether oxygens (including phenoxy) is 2. The Morgan fingerprint density at radius 2 is 1.39 bits per heavy atom. The molecule has 0 spiro atoms. The van der Waals surface area contributed by atoms with Crippen molar-refractivity contribution in [3.8, 4) is 11.5 Å². The van der Waals surface area contributed by atoms with Gasteiger partial charge in [-0.05, 0) is 61.6 Å². The van der Waals surface area contributed by atoms with Gasteiger partial charge in [-0.2, -0.15) is 0 Å². The largest absolute Gasteiger partial charge is 0.480 e. The number of hydrogen-bond acceptors (Lipinski definition) is 6. The summed E-state index contributed by atoms with van der Waals surface area (Å²) in [5.41, 5.74) is 6.23. The first-order valence-corrected chi connectivity index (χ1v) is 10.9. The molecule has 3 rings (SSSR count). The molecule has 8 heteroatoms. The van der Waals surface area contributed by atoms with E-state index in [9.17, 15) is 14.4 Å². The van der Waals surface area contributed by atoms with Crippen molar-refractivity contribution < 1.29 is 29.0 Å². The van der Waals surface area contributed by atoms with Gasteiger partial charge in [0.1, 0.15) is 6.04 Å². The van der Waals surface area contributed by atoms with E-state index in [1.807, 2.05) is 0 Å². The zero-order valence-corrected chi connectivity index (χ0v) is 18.5. The van der Waals surface area contributed by atoms with Crippen LogP contribution in [0.1, 0.15) is 69.8 Å². The van der Waals surface area contributed by atoms with E-state index in [1.165, 1.54) is 0 Å². The predicted molar refractivity (Wildman–Crippen MR) is 117 cm³/mol. The van der Waals surface area contributed by atoms with Crippen LogP contribution in [0.2, 0.25) is 0 Å². The normalized spacial score (nSPS) is 17.7. The molecule has 1 aromatic carbocycles. The number of carboxylic acids is 1. The second kappa shape index (κ2) is 12.1. The molecule has 7 nitrogen and oxygen atoms in total. The molecule has 0 unspecified atom stereocenters. The first kappa shape index (κ1) is 25.1. The topological polar surface area (TPSA) is 116 Å². The van der Waals surface area contributed by atoms with Gasteiger partial charge in [-0.3, -0.25) is 14.4 Å². The number of benzene rings is 1. The standard InChI is InChI=1S/C23H31NO6.ClH/c24-18(23(27)28)11-17-9-10-19(29-21(25)13-15-5-1-2-6-15)20(12-17)30-22(26)14-16-7-3-4-8-16;/h9-10,12,15-16,18H,1-8,11,13-14,24H2,(H,27,28);1H/t18-;/m0./s1. The van der Waals surface area contributed by atoms with E-state index in [0.717, 1.165) is 51.4 Å². The molecule has 172 valence electrons. The highest BCUT2D eigenvalue weighted by Gasteiger charge is 2.24. The van der Waals surface area contributed by atoms with Crippen LogP contribution in [0.5, 0.6) is 11.5 Å². The summed E-state index contributed by atoms with van der Waals surface area (Å²) >= 11 is 0. The maximum Gasteiger partial charge on any atom is 0.320 e. The van der Waals surface area contributed by atoms with E-state index < -0.39 is 12.0 Å². The number of nitrogens with two attached hydrogens (primary N) is 1. The quantitative estimate of drug-likeness (QED) is 0.428. The van der Waals surface area contributed by atoms with Gasteiger partial charge in [0.2, 0.25) is 0 Å². The summed E-state index contributed by atoms with van der Waals surface area (Å²) in [7, 11) is 0. The van der Waals surface area contributed by atoms with Crippen LogP contribution in [0.4, 0.5) is 0 Å². The van der Waals surface area contributed by atoms with Gasteiger partial charge in [0.15, 0.2) is 11.5 Å². The van der Waals surface area contributed by atoms with Gasteiger partial charge in [0.25, 0.3) is 0 Å². The molecule has 0 aromatic heterocycles. The Balaban J connectivity index is 0.00000341. The molecule has 0 amide bonds. The average molecular weight is 454 g/mol. The Morgan fingerprint density at radius 1 is 0.903 bits per heavy atom. The van der Waals surface area contributed by atoms with Gasteiger partial charge < -0.3 is 20.3 Å². The van der Waals surface area contributed by atoms with Crippen molar-refractivity contribution in [2.24, 2.45) is 17.6 Å². The number of carboxylic acid groups (broad SMARTS) is 1. The molecular weight excluding hydrogens is 422 g/mol. The smallest absolute Gasteiger partial charge is 0.320 e. The lowest BCUT2D eigenvalue weighted by molar-refractivity contribution is -0.138. The molecular formula is C23H32ClNO6. The second-order valence-corrected chi connectivity index (χ2v) is 8.59. The Hall–Kier alpha value is -2.12. The van der Waals surface area contributed by atoms with Gasteiger partial charge in [-0.15, -0.1) is 12.4 Å². The number of rotatable bonds is 9. The number of aliphatic carboxylic acids is 1. The van der Waals surface area contributed by atoms with Gasteiger partial charge in [0.05, 0.1) is 0 Å². The van der Waals surface area contributed by atoms with Crippen LogP contribution < -0.4 is 15.2 Å². The van der Waals surface area contributed by atoms with Crippen molar-refractivity contribution in [1.29, 1.82) is 0 Å². The van der Waals surface area contributed by atoms with Gasteiger partial charge >= 0.3 is 17.9 Å². The molecule has 3 N–H and O–H groups in total. The Morgan fingerprint density at radius 3 is 1.87 bits per heavy atom. The summed E-state index contributed by atoms with van der Waals surface area (Å²) in [6, 6.07) is 3.68. The molecule has 0 bridgehead atoms. The zero-order valence-electron chi connectivity index (χ0n) is 17.7.